The largest absolute Gasteiger partial charge is 0.340 e. The third-order valence-electron chi connectivity index (χ3n) is 4.09. The van der Waals surface area contributed by atoms with Crippen molar-refractivity contribution in [3.63, 3.8) is 0 Å². The number of hydrogen-bond acceptors (Lipinski definition) is 5. The number of anilines is 5. The van der Waals surface area contributed by atoms with Crippen LogP contribution in [0.2, 0.25) is 0 Å². The first-order chi connectivity index (χ1) is 13.3. The first-order valence-corrected chi connectivity index (χ1v) is 9.15. The maximum atomic E-state index is 11.2. The van der Waals surface area contributed by atoms with Crippen molar-refractivity contribution in [1.82, 2.24) is 9.97 Å². The van der Waals surface area contributed by atoms with Crippen molar-refractivity contribution in [2.24, 2.45) is 0 Å². The molecule has 0 atom stereocenters. The Balaban J connectivity index is 1.80. The second-order valence-corrected chi connectivity index (χ2v) is 7.57. The summed E-state index contributed by atoms with van der Waals surface area (Å²) in [5.41, 5.74) is 3.73. The van der Waals surface area contributed by atoms with E-state index in [1.165, 1.54) is 12.5 Å². The number of nitrogens with one attached hydrogen (secondary N) is 3. The number of benzene rings is 2. The number of para-hydroxylation sites is 1. The summed E-state index contributed by atoms with van der Waals surface area (Å²) in [4.78, 5) is 20.1. The summed E-state index contributed by atoms with van der Waals surface area (Å²) in [5.74, 6) is 1.06. The van der Waals surface area contributed by atoms with Crippen molar-refractivity contribution in [2.45, 2.75) is 33.1 Å². The fraction of sp³-hybridized carbons (Fsp3) is 0.227. The molecule has 6 heteroatoms. The number of nitrogens with zero attached hydrogens (tertiary/aromatic N) is 2. The molecule has 1 aromatic heterocycles. The van der Waals surface area contributed by atoms with Crippen molar-refractivity contribution in [3.05, 3.63) is 66.4 Å². The minimum absolute atomic E-state index is 0.00358. The van der Waals surface area contributed by atoms with Gasteiger partial charge in [-0.05, 0) is 41.3 Å². The number of carbonyl (C=O) groups is 1. The van der Waals surface area contributed by atoms with E-state index in [-0.39, 0.29) is 11.3 Å². The number of hydrogen-bond donors (Lipinski definition) is 3. The third kappa shape index (κ3) is 5.07. The van der Waals surface area contributed by atoms with Gasteiger partial charge in [0.25, 0.3) is 0 Å². The van der Waals surface area contributed by atoms with E-state index in [9.17, 15) is 4.79 Å². The lowest BCUT2D eigenvalue weighted by atomic mass is 9.86. The zero-order valence-corrected chi connectivity index (χ0v) is 16.6. The van der Waals surface area contributed by atoms with Crippen LogP contribution in [0.5, 0.6) is 0 Å². The molecule has 2 aromatic carbocycles. The van der Waals surface area contributed by atoms with Gasteiger partial charge in [-0.25, -0.2) is 4.98 Å². The van der Waals surface area contributed by atoms with Crippen LogP contribution in [0, 0.1) is 0 Å². The molecule has 0 bridgehead atoms. The van der Waals surface area contributed by atoms with E-state index in [2.05, 4.69) is 52.8 Å². The van der Waals surface area contributed by atoms with Gasteiger partial charge in [0.2, 0.25) is 11.9 Å². The van der Waals surface area contributed by atoms with Gasteiger partial charge in [0.05, 0.1) is 0 Å². The molecular weight excluding hydrogens is 350 g/mol. The van der Waals surface area contributed by atoms with E-state index in [4.69, 9.17) is 0 Å². The summed E-state index contributed by atoms with van der Waals surface area (Å²) >= 11 is 0. The maximum absolute atomic E-state index is 11.2. The summed E-state index contributed by atoms with van der Waals surface area (Å²) in [6.07, 6.45) is 1.70. The molecule has 0 saturated heterocycles. The Morgan fingerprint density at radius 3 is 2.43 bits per heavy atom. The van der Waals surface area contributed by atoms with Crippen molar-refractivity contribution in [2.75, 3.05) is 16.0 Å². The van der Waals surface area contributed by atoms with Gasteiger partial charge in [0, 0.05) is 30.2 Å². The van der Waals surface area contributed by atoms with E-state index in [1.54, 1.807) is 12.3 Å². The van der Waals surface area contributed by atoms with Crippen LogP contribution in [0.3, 0.4) is 0 Å². The Bertz CT molecular complexity index is 978. The van der Waals surface area contributed by atoms with Crippen molar-refractivity contribution in [3.8, 4) is 0 Å². The second-order valence-electron chi connectivity index (χ2n) is 7.57. The van der Waals surface area contributed by atoms with Crippen LogP contribution >= 0.6 is 0 Å². The van der Waals surface area contributed by atoms with Gasteiger partial charge in [0.1, 0.15) is 5.82 Å². The molecule has 3 aromatic rings. The highest BCUT2D eigenvalue weighted by molar-refractivity contribution is 5.89. The summed E-state index contributed by atoms with van der Waals surface area (Å²) < 4.78 is 0. The first-order valence-electron chi connectivity index (χ1n) is 9.15. The van der Waals surface area contributed by atoms with Crippen molar-refractivity contribution < 1.29 is 4.79 Å². The first kappa shape index (κ1) is 19.4. The maximum Gasteiger partial charge on any atom is 0.229 e. The minimum atomic E-state index is -0.108. The summed E-state index contributed by atoms with van der Waals surface area (Å²) in [7, 11) is 0. The van der Waals surface area contributed by atoms with Crippen LogP contribution in [-0.4, -0.2) is 15.9 Å². The highest BCUT2D eigenvalue weighted by Crippen LogP contribution is 2.30. The molecule has 3 rings (SSSR count). The molecule has 1 heterocycles. The zero-order valence-electron chi connectivity index (χ0n) is 16.6. The Labute approximate surface area is 165 Å². The highest BCUT2D eigenvalue weighted by atomic mass is 16.1. The Hall–Kier alpha value is -3.41. The van der Waals surface area contributed by atoms with Crippen molar-refractivity contribution >= 4 is 34.7 Å². The Morgan fingerprint density at radius 1 is 0.929 bits per heavy atom. The average Bonchev–Trinajstić information content (AvgIpc) is 2.61. The molecule has 0 aliphatic rings. The van der Waals surface area contributed by atoms with Gasteiger partial charge in [-0.15, -0.1) is 0 Å². The van der Waals surface area contributed by atoms with E-state index in [0.717, 1.165) is 17.1 Å². The van der Waals surface area contributed by atoms with E-state index >= 15 is 0 Å². The molecule has 0 fully saturated rings. The lowest BCUT2D eigenvalue weighted by molar-refractivity contribution is -0.114. The van der Waals surface area contributed by atoms with Crippen LogP contribution in [0.15, 0.2) is 60.8 Å². The molecule has 3 N–H and O–H groups in total. The van der Waals surface area contributed by atoms with Gasteiger partial charge in [-0.3, -0.25) is 4.79 Å². The molecule has 28 heavy (non-hydrogen) atoms. The minimum Gasteiger partial charge on any atom is -0.340 e. The number of aromatic nitrogens is 2. The molecule has 0 saturated carbocycles. The molecule has 6 nitrogen and oxygen atoms in total. The quantitative estimate of drug-likeness (QED) is 0.570. The molecule has 1 amide bonds. The second kappa shape index (κ2) is 8.08. The van der Waals surface area contributed by atoms with Gasteiger partial charge in [-0.1, -0.05) is 45.0 Å². The lowest BCUT2D eigenvalue weighted by Crippen LogP contribution is -2.14. The molecule has 0 radical (unpaired) electrons. The number of carbonyl (C=O) groups excluding carboxylic acids is 1. The topological polar surface area (TPSA) is 78.9 Å². The predicted octanol–water partition coefficient (Wildman–Crippen LogP) is 5.22. The van der Waals surface area contributed by atoms with Gasteiger partial charge in [-0.2, -0.15) is 4.98 Å². The van der Waals surface area contributed by atoms with E-state index in [1.807, 2.05) is 42.5 Å². The van der Waals surface area contributed by atoms with Crippen LogP contribution in [0.25, 0.3) is 0 Å². The summed E-state index contributed by atoms with van der Waals surface area (Å²) in [6, 6.07) is 17.4. The van der Waals surface area contributed by atoms with Gasteiger partial charge < -0.3 is 16.0 Å². The molecule has 0 aliphatic heterocycles. The number of amides is 1. The van der Waals surface area contributed by atoms with Crippen LogP contribution in [0.4, 0.5) is 28.8 Å². The third-order valence-corrected chi connectivity index (χ3v) is 4.09. The molecule has 0 spiro atoms. The molecule has 144 valence electrons. The number of rotatable bonds is 5. The normalized spacial score (nSPS) is 11.0. The fourth-order valence-corrected chi connectivity index (χ4v) is 2.88. The van der Waals surface area contributed by atoms with Crippen molar-refractivity contribution in [1.29, 1.82) is 0 Å². The van der Waals surface area contributed by atoms with Crippen LogP contribution in [0.1, 0.15) is 33.3 Å². The van der Waals surface area contributed by atoms with Gasteiger partial charge >= 0.3 is 0 Å². The standard InChI is InChI=1S/C22H25N5O/c1-15(28)24-16-8-7-9-17(14-16)25-20-12-13-23-21(27-20)26-19-11-6-5-10-18(19)22(2,3)4/h5-14H,1-4H3,(H,24,28)(H2,23,25,26,27). The molecular formula is C22H25N5O. The monoisotopic (exact) mass is 375 g/mol. The van der Waals surface area contributed by atoms with Gasteiger partial charge in [0.15, 0.2) is 0 Å². The summed E-state index contributed by atoms with van der Waals surface area (Å²) in [6.45, 7) is 8.01. The SMILES string of the molecule is CC(=O)Nc1cccc(Nc2ccnc(Nc3ccccc3C(C)(C)C)n2)c1. The average molecular weight is 375 g/mol. The predicted molar refractivity (Wildman–Crippen MR) is 114 cm³/mol. The van der Waals surface area contributed by atoms with Crippen LogP contribution in [-0.2, 0) is 10.2 Å². The Morgan fingerprint density at radius 2 is 1.68 bits per heavy atom. The molecule has 0 unspecified atom stereocenters. The smallest absolute Gasteiger partial charge is 0.229 e. The molecule has 0 aliphatic carbocycles. The van der Waals surface area contributed by atoms with E-state index < -0.39 is 0 Å². The zero-order chi connectivity index (χ0) is 20.1. The van der Waals surface area contributed by atoms with E-state index in [0.29, 0.717) is 11.8 Å². The summed E-state index contributed by atoms with van der Waals surface area (Å²) in [5, 5.41) is 9.34. The lowest BCUT2D eigenvalue weighted by Gasteiger charge is -2.23. The highest BCUT2D eigenvalue weighted by Gasteiger charge is 2.17. The Kier molecular flexibility index (Phi) is 5.59. The fourth-order valence-electron chi connectivity index (χ4n) is 2.88. The van der Waals surface area contributed by atoms with Crippen LogP contribution < -0.4 is 16.0 Å².